The molecule has 100 valence electrons. The third-order valence-corrected chi connectivity index (χ3v) is 4.00. The Labute approximate surface area is 121 Å². The fourth-order valence-electron chi connectivity index (χ4n) is 2.01. The Balaban J connectivity index is 2.20. The van der Waals surface area contributed by atoms with Gasteiger partial charge in [-0.15, -0.1) is 0 Å². The highest BCUT2D eigenvalue weighted by Crippen LogP contribution is 2.31. The number of rotatable bonds is 4. The maximum atomic E-state index is 13.6. The number of benzene rings is 2. The molecule has 0 radical (unpaired) electrons. The second-order valence-electron chi connectivity index (χ2n) is 4.49. The predicted molar refractivity (Wildman–Crippen MR) is 79.5 cm³/mol. The molecule has 2 aromatic carbocycles. The number of hydrogen-bond acceptors (Lipinski definition) is 1. The fraction of sp³-hybridized carbons (Fsp3) is 0.250. The van der Waals surface area contributed by atoms with Crippen LogP contribution in [0.5, 0.6) is 5.75 Å². The number of halogens is 2. The van der Waals surface area contributed by atoms with Gasteiger partial charge in [0.25, 0.3) is 0 Å². The summed E-state index contributed by atoms with van der Waals surface area (Å²) < 4.78 is 18.9. The van der Waals surface area contributed by atoms with E-state index in [-0.39, 0.29) is 10.6 Å². The molecule has 19 heavy (non-hydrogen) atoms. The van der Waals surface area contributed by atoms with Crippen LogP contribution in [0.4, 0.5) is 4.39 Å². The van der Waals surface area contributed by atoms with Gasteiger partial charge in [0, 0.05) is 4.83 Å². The van der Waals surface area contributed by atoms with Crippen LogP contribution >= 0.6 is 15.9 Å². The van der Waals surface area contributed by atoms with E-state index in [1.54, 1.807) is 13.2 Å². The molecule has 0 amide bonds. The van der Waals surface area contributed by atoms with Gasteiger partial charge in [-0.1, -0.05) is 46.3 Å². The predicted octanol–water partition coefficient (Wildman–Crippen LogP) is 4.82. The second kappa shape index (κ2) is 6.20. The van der Waals surface area contributed by atoms with E-state index in [4.69, 9.17) is 4.74 Å². The Morgan fingerprint density at radius 2 is 1.95 bits per heavy atom. The maximum absolute atomic E-state index is 13.6. The minimum Gasteiger partial charge on any atom is -0.496 e. The van der Waals surface area contributed by atoms with Crippen LogP contribution in [0.2, 0.25) is 0 Å². The van der Waals surface area contributed by atoms with Gasteiger partial charge in [-0.2, -0.15) is 0 Å². The fourth-order valence-corrected chi connectivity index (χ4v) is 2.64. The SMILES string of the molecule is COc1cc(C(Br)Cc2ccccc2F)ccc1C. The lowest BCUT2D eigenvalue weighted by atomic mass is 10.0. The molecule has 3 heteroatoms. The van der Waals surface area contributed by atoms with Crippen molar-refractivity contribution in [3.63, 3.8) is 0 Å². The molecule has 0 aliphatic rings. The van der Waals surface area contributed by atoms with E-state index in [1.165, 1.54) is 6.07 Å². The van der Waals surface area contributed by atoms with Gasteiger partial charge in [-0.05, 0) is 42.2 Å². The average molecular weight is 323 g/mol. The van der Waals surface area contributed by atoms with Crippen LogP contribution in [0.15, 0.2) is 42.5 Å². The van der Waals surface area contributed by atoms with Crippen molar-refractivity contribution >= 4 is 15.9 Å². The molecule has 0 aromatic heterocycles. The zero-order chi connectivity index (χ0) is 13.8. The van der Waals surface area contributed by atoms with Crippen LogP contribution in [0.25, 0.3) is 0 Å². The highest BCUT2D eigenvalue weighted by atomic mass is 79.9. The smallest absolute Gasteiger partial charge is 0.126 e. The van der Waals surface area contributed by atoms with E-state index in [1.807, 2.05) is 37.3 Å². The lowest BCUT2D eigenvalue weighted by Gasteiger charge is -2.13. The third kappa shape index (κ3) is 3.35. The van der Waals surface area contributed by atoms with Crippen molar-refractivity contribution < 1.29 is 9.13 Å². The molecular formula is C16H16BrFO. The largest absolute Gasteiger partial charge is 0.496 e. The number of ether oxygens (including phenoxy) is 1. The van der Waals surface area contributed by atoms with E-state index in [9.17, 15) is 4.39 Å². The van der Waals surface area contributed by atoms with Gasteiger partial charge < -0.3 is 4.74 Å². The van der Waals surface area contributed by atoms with Crippen LogP contribution in [0.1, 0.15) is 21.5 Å². The zero-order valence-corrected chi connectivity index (χ0v) is 12.6. The Bertz CT molecular complexity index is 568. The Morgan fingerprint density at radius 1 is 1.21 bits per heavy atom. The van der Waals surface area contributed by atoms with Crippen molar-refractivity contribution in [2.24, 2.45) is 0 Å². The summed E-state index contributed by atoms with van der Waals surface area (Å²) in [6.45, 7) is 2.00. The molecule has 0 spiro atoms. The molecule has 0 bridgehead atoms. The Kier molecular flexibility index (Phi) is 4.59. The Morgan fingerprint density at radius 3 is 2.63 bits per heavy atom. The van der Waals surface area contributed by atoms with Crippen LogP contribution in [0.3, 0.4) is 0 Å². The first kappa shape index (κ1) is 14.1. The first-order valence-corrected chi connectivity index (χ1v) is 7.05. The quantitative estimate of drug-likeness (QED) is 0.733. The monoisotopic (exact) mass is 322 g/mol. The van der Waals surface area contributed by atoms with Crippen molar-refractivity contribution in [1.29, 1.82) is 0 Å². The molecule has 0 fully saturated rings. The van der Waals surface area contributed by atoms with Gasteiger partial charge in [0.05, 0.1) is 7.11 Å². The molecule has 0 aliphatic carbocycles. The summed E-state index contributed by atoms with van der Waals surface area (Å²) in [7, 11) is 1.66. The van der Waals surface area contributed by atoms with Crippen molar-refractivity contribution in [3.8, 4) is 5.75 Å². The van der Waals surface area contributed by atoms with Gasteiger partial charge in [0.2, 0.25) is 0 Å². The molecule has 1 nitrogen and oxygen atoms in total. The highest BCUT2D eigenvalue weighted by Gasteiger charge is 2.12. The molecule has 0 aliphatic heterocycles. The van der Waals surface area contributed by atoms with E-state index < -0.39 is 0 Å². The second-order valence-corrected chi connectivity index (χ2v) is 5.60. The first-order chi connectivity index (χ1) is 9.11. The number of hydrogen-bond donors (Lipinski definition) is 0. The average Bonchev–Trinajstić information content (AvgIpc) is 2.42. The van der Waals surface area contributed by atoms with Crippen molar-refractivity contribution in [1.82, 2.24) is 0 Å². The van der Waals surface area contributed by atoms with E-state index in [0.717, 1.165) is 16.9 Å². The molecule has 1 atom stereocenters. The number of alkyl halides is 1. The minimum atomic E-state index is -0.161. The normalized spacial score (nSPS) is 12.2. The van der Waals surface area contributed by atoms with E-state index in [2.05, 4.69) is 15.9 Å². The van der Waals surface area contributed by atoms with E-state index in [0.29, 0.717) is 12.0 Å². The lowest BCUT2D eigenvalue weighted by molar-refractivity contribution is 0.411. The topological polar surface area (TPSA) is 9.23 Å². The lowest BCUT2D eigenvalue weighted by Crippen LogP contribution is -1.99. The van der Waals surface area contributed by atoms with E-state index >= 15 is 0 Å². The first-order valence-electron chi connectivity index (χ1n) is 6.14. The molecule has 0 N–H and O–H groups in total. The molecule has 0 saturated carbocycles. The van der Waals surface area contributed by atoms with Crippen molar-refractivity contribution in [2.75, 3.05) is 7.11 Å². The Hall–Kier alpha value is -1.35. The van der Waals surface area contributed by atoms with Crippen LogP contribution in [0, 0.1) is 12.7 Å². The standard InChI is InChI=1S/C16H16BrFO/c1-11-7-8-12(10-16(11)19-2)14(17)9-13-5-3-4-6-15(13)18/h3-8,10,14H,9H2,1-2H3. The third-order valence-electron chi connectivity index (χ3n) is 3.15. The molecule has 2 rings (SSSR count). The van der Waals surface area contributed by atoms with Gasteiger partial charge in [-0.25, -0.2) is 4.39 Å². The van der Waals surface area contributed by atoms with Crippen LogP contribution in [-0.2, 0) is 6.42 Å². The van der Waals surface area contributed by atoms with Crippen LogP contribution in [-0.4, -0.2) is 7.11 Å². The zero-order valence-electron chi connectivity index (χ0n) is 11.0. The summed E-state index contributed by atoms with van der Waals surface area (Å²) in [6.07, 6.45) is 0.610. The number of methoxy groups -OCH3 is 1. The highest BCUT2D eigenvalue weighted by molar-refractivity contribution is 9.09. The summed E-state index contributed by atoms with van der Waals surface area (Å²) in [4.78, 5) is 0.0684. The van der Waals surface area contributed by atoms with Crippen molar-refractivity contribution in [2.45, 2.75) is 18.2 Å². The summed E-state index contributed by atoms with van der Waals surface area (Å²) in [5, 5.41) is 0. The minimum absolute atomic E-state index is 0.0684. The van der Waals surface area contributed by atoms with Gasteiger partial charge >= 0.3 is 0 Å². The molecule has 2 aromatic rings. The summed E-state index contributed by atoms with van der Waals surface area (Å²) >= 11 is 3.62. The molecule has 1 unspecified atom stereocenters. The summed E-state index contributed by atoms with van der Waals surface area (Å²) in [5.41, 5.74) is 2.89. The van der Waals surface area contributed by atoms with Gasteiger partial charge in [0.15, 0.2) is 0 Å². The van der Waals surface area contributed by atoms with Crippen LogP contribution < -0.4 is 4.74 Å². The molecular weight excluding hydrogens is 307 g/mol. The summed E-state index contributed by atoms with van der Waals surface area (Å²) in [6, 6.07) is 12.9. The molecule has 0 saturated heterocycles. The summed E-state index contributed by atoms with van der Waals surface area (Å²) in [5.74, 6) is 0.696. The van der Waals surface area contributed by atoms with Gasteiger partial charge in [0.1, 0.15) is 11.6 Å². The molecule has 0 heterocycles. The van der Waals surface area contributed by atoms with Crippen molar-refractivity contribution in [3.05, 3.63) is 65.0 Å². The maximum Gasteiger partial charge on any atom is 0.126 e. The van der Waals surface area contributed by atoms with Gasteiger partial charge in [-0.3, -0.25) is 0 Å². The number of aryl methyl sites for hydroxylation is 1.